The topological polar surface area (TPSA) is 117 Å². The van der Waals surface area contributed by atoms with Crippen molar-refractivity contribution in [2.75, 3.05) is 25.1 Å². The molecule has 0 aliphatic carbocycles. The molecular weight excluding hydrogens is 566 g/mol. The Labute approximate surface area is 239 Å². The van der Waals surface area contributed by atoms with Crippen LogP contribution in [0.5, 0.6) is 5.75 Å². The number of carbonyl (C=O) groups excluding carboxylic acids is 3. The molecule has 1 spiro atoms. The number of aliphatic hydroxyl groups is 1. The van der Waals surface area contributed by atoms with E-state index in [1.807, 2.05) is 20.8 Å². The van der Waals surface area contributed by atoms with E-state index in [0.717, 1.165) is 6.42 Å². The highest BCUT2D eigenvalue weighted by molar-refractivity contribution is 9.09. The number of likely N-dealkylation sites (tertiary alicyclic amines) is 1. The van der Waals surface area contributed by atoms with Crippen LogP contribution in [0.2, 0.25) is 0 Å². The minimum Gasteiger partial charge on any atom is -0.494 e. The van der Waals surface area contributed by atoms with Crippen molar-refractivity contribution in [3.8, 4) is 5.75 Å². The van der Waals surface area contributed by atoms with Crippen molar-refractivity contribution in [3.05, 3.63) is 24.3 Å². The lowest BCUT2D eigenvalue weighted by atomic mass is 9.70. The molecule has 4 rings (SSSR count). The minimum atomic E-state index is -1.13. The lowest BCUT2D eigenvalue weighted by Crippen LogP contribution is -2.59. The molecule has 3 unspecified atom stereocenters. The van der Waals surface area contributed by atoms with Crippen molar-refractivity contribution in [2.24, 2.45) is 17.3 Å². The van der Waals surface area contributed by atoms with Gasteiger partial charge in [0.2, 0.25) is 17.7 Å². The van der Waals surface area contributed by atoms with Gasteiger partial charge >= 0.3 is 0 Å². The first-order chi connectivity index (χ1) is 18.2. The lowest BCUT2D eigenvalue weighted by Gasteiger charge is -2.38. The van der Waals surface area contributed by atoms with Gasteiger partial charge in [0.25, 0.3) is 0 Å². The number of rotatable bonds is 10. The fourth-order valence-electron chi connectivity index (χ4n) is 7.01. The van der Waals surface area contributed by atoms with E-state index in [2.05, 4.69) is 47.3 Å². The summed E-state index contributed by atoms with van der Waals surface area (Å²) in [5.74, 6) is -1.73. The van der Waals surface area contributed by atoms with E-state index in [-0.39, 0.29) is 41.1 Å². The molecule has 3 N–H and O–H groups in total. The largest absolute Gasteiger partial charge is 0.494 e. The Balaban J connectivity index is 1.63. The van der Waals surface area contributed by atoms with Crippen molar-refractivity contribution in [3.63, 3.8) is 0 Å². The number of hydrogen-bond acceptors (Lipinski definition) is 6. The van der Waals surface area contributed by atoms with Crippen molar-refractivity contribution in [1.29, 1.82) is 0 Å². The maximum absolute atomic E-state index is 14.0. The molecule has 9 nitrogen and oxygen atoms in total. The number of benzene rings is 1. The summed E-state index contributed by atoms with van der Waals surface area (Å²) < 4.78 is 12.0. The third-order valence-corrected chi connectivity index (χ3v) is 8.61. The molecule has 3 heterocycles. The summed E-state index contributed by atoms with van der Waals surface area (Å²) in [5.41, 5.74) is -1.08. The van der Waals surface area contributed by atoms with Crippen LogP contribution >= 0.6 is 15.9 Å². The quantitative estimate of drug-likeness (QED) is 0.351. The van der Waals surface area contributed by atoms with Gasteiger partial charge in [-0.1, -0.05) is 36.7 Å². The molecule has 0 aromatic heterocycles. The van der Waals surface area contributed by atoms with Crippen molar-refractivity contribution in [2.45, 2.75) is 88.9 Å². The van der Waals surface area contributed by atoms with Gasteiger partial charge in [-0.2, -0.15) is 0 Å². The zero-order valence-corrected chi connectivity index (χ0v) is 25.3. The molecule has 10 heteroatoms. The Morgan fingerprint density at radius 3 is 2.44 bits per heavy atom. The summed E-state index contributed by atoms with van der Waals surface area (Å²) in [6.45, 7) is 12.9. The van der Waals surface area contributed by atoms with Crippen LogP contribution in [0, 0.1) is 17.3 Å². The van der Waals surface area contributed by atoms with Gasteiger partial charge < -0.3 is 30.1 Å². The van der Waals surface area contributed by atoms with Crippen molar-refractivity contribution in [1.82, 2.24) is 10.2 Å². The monoisotopic (exact) mass is 607 g/mol. The highest BCUT2D eigenvalue weighted by Gasteiger charge is 2.76. The second-order valence-electron chi connectivity index (χ2n) is 12.8. The number of hydrogen-bond donors (Lipinski definition) is 3. The molecule has 39 heavy (non-hydrogen) atoms. The fourth-order valence-corrected chi connectivity index (χ4v) is 7.95. The summed E-state index contributed by atoms with van der Waals surface area (Å²) in [5, 5.41) is 15.7. The number of anilines is 1. The Kier molecular flexibility index (Phi) is 8.41. The van der Waals surface area contributed by atoms with E-state index < -0.39 is 35.1 Å². The van der Waals surface area contributed by atoms with Crippen LogP contribution in [-0.2, 0) is 19.1 Å². The lowest BCUT2D eigenvalue weighted by molar-refractivity contribution is -0.142. The molecule has 2 bridgehead atoms. The second-order valence-corrected chi connectivity index (χ2v) is 14.0. The van der Waals surface area contributed by atoms with Gasteiger partial charge in [-0.3, -0.25) is 14.4 Å². The highest BCUT2D eigenvalue weighted by Crippen LogP contribution is 2.60. The number of aliphatic hydroxyl groups excluding tert-OH is 1. The number of nitrogens with zero attached hydrogens (tertiary/aromatic N) is 1. The second kappa shape index (κ2) is 11.0. The molecular formula is C29H42BrN3O6. The first-order valence-electron chi connectivity index (χ1n) is 13.8. The van der Waals surface area contributed by atoms with E-state index in [9.17, 15) is 19.5 Å². The van der Waals surface area contributed by atoms with Crippen LogP contribution in [0.4, 0.5) is 5.69 Å². The smallest absolute Gasteiger partial charge is 0.246 e. The van der Waals surface area contributed by atoms with E-state index >= 15 is 0 Å². The minimum absolute atomic E-state index is 0.0208. The molecule has 1 aromatic rings. The summed E-state index contributed by atoms with van der Waals surface area (Å²) in [6, 6.07) is 6.19. The zero-order chi connectivity index (χ0) is 28.8. The maximum Gasteiger partial charge on any atom is 0.246 e. The molecule has 0 radical (unpaired) electrons. The average molecular weight is 609 g/mol. The van der Waals surface area contributed by atoms with Crippen LogP contribution in [0.25, 0.3) is 0 Å². The first-order valence-corrected chi connectivity index (χ1v) is 14.7. The van der Waals surface area contributed by atoms with Gasteiger partial charge in [0.15, 0.2) is 0 Å². The molecule has 3 amide bonds. The van der Waals surface area contributed by atoms with Gasteiger partial charge in [-0.05, 0) is 69.7 Å². The van der Waals surface area contributed by atoms with Gasteiger partial charge in [0.05, 0.1) is 24.5 Å². The predicted octanol–water partition coefficient (Wildman–Crippen LogP) is 3.49. The Morgan fingerprint density at radius 2 is 1.85 bits per heavy atom. The predicted molar refractivity (Wildman–Crippen MR) is 152 cm³/mol. The average Bonchev–Trinajstić information content (AvgIpc) is 3.40. The van der Waals surface area contributed by atoms with E-state index in [4.69, 9.17) is 9.47 Å². The van der Waals surface area contributed by atoms with Gasteiger partial charge in [-0.25, -0.2) is 0 Å². The number of ether oxygens (including phenoxy) is 2. The third-order valence-electron chi connectivity index (χ3n) is 7.76. The van der Waals surface area contributed by atoms with Gasteiger partial charge in [-0.15, -0.1) is 0 Å². The molecule has 6 atom stereocenters. The SMILES string of the molecule is CCOc1ccc(NC(=O)[C@H]2[C@@H]3OC4(CC3Br)C(C(=O)NC(C)(C)CC(C)(C)C)N(CCCO)C(=O)[C@H]24)cc1. The summed E-state index contributed by atoms with van der Waals surface area (Å²) in [7, 11) is 0. The van der Waals surface area contributed by atoms with Gasteiger partial charge in [0, 0.05) is 29.2 Å². The zero-order valence-electron chi connectivity index (χ0n) is 23.8. The molecule has 3 saturated heterocycles. The number of nitrogens with one attached hydrogen (secondary N) is 2. The third kappa shape index (κ3) is 5.84. The van der Waals surface area contributed by atoms with Crippen LogP contribution in [-0.4, -0.2) is 75.6 Å². The number of alkyl halides is 1. The number of halogens is 1. The molecule has 3 aliphatic heterocycles. The molecule has 0 saturated carbocycles. The van der Waals surface area contributed by atoms with E-state index in [0.29, 0.717) is 30.9 Å². The van der Waals surface area contributed by atoms with Crippen LogP contribution < -0.4 is 15.4 Å². The number of carbonyl (C=O) groups is 3. The summed E-state index contributed by atoms with van der Waals surface area (Å²) in [6.07, 6.45) is 0.957. The highest BCUT2D eigenvalue weighted by atomic mass is 79.9. The number of fused-ring (bicyclic) bond motifs is 1. The normalized spacial score (nSPS) is 29.9. The fraction of sp³-hybridized carbons (Fsp3) is 0.690. The van der Waals surface area contributed by atoms with E-state index in [1.165, 1.54) is 4.90 Å². The maximum atomic E-state index is 14.0. The van der Waals surface area contributed by atoms with Crippen LogP contribution in [0.15, 0.2) is 24.3 Å². The number of amides is 3. The molecule has 1 aromatic carbocycles. The molecule has 216 valence electrons. The molecule has 3 aliphatic rings. The summed E-state index contributed by atoms with van der Waals surface area (Å²) in [4.78, 5) is 42.9. The van der Waals surface area contributed by atoms with Crippen LogP contribution in [0.1, 0.15) is 60.8 Å². The summed E-state index contributed by atoms with van der Waals surface area (Å²) >= 11 is 3.69. The van der Waals surface area contributed by atoms with Gasteiger partial charge in [0.1, 0.15) is 17.4 Å². The van der Waals surface area contributed by atoms with Crippen molar-refractivity contribution >= 4 is 39.3 Å². The standard InChI is InChI=1S/C29H42BrN3O6/c1-7-38-18-11-9-17(10-12-18)31-24(35)20-21-26(37)33(13-8-14-34)23(29(21)15-19(30)22(20)39-29)25(36)32-28(5,6)16-27(2,3)4/h9-12,19-23,34H,7-8,13-16H2,1-6H3,(H,31,35)(H,32,36)/t19?,20-,21+,22-,23?,29?/m1/s1. The Bertz CT molecular complexity index is 1090. The van der Waals surface area contributed by atoms with Crippen molar-refractivity contribution < 1.29 is 29.0 Å². The Morgan fingerprint density at radius 1 is 1.18 bits per heavy atom. The Hall–Kier alpha value is -2.17. The van der Waals surface area contributed by atoms with E-state index in [1.54, 1.807) is 24.3 Å². The molecule has 3 fully saturated rings. The first kappa shape index (κ1) is 29.8. The van der Waals surface area contributed by atoms with Crippen LogP contribution in [0.3, 0.4) is 0 Å².